The molecule has 1 aliphatic rings. The Morgan fingerprint density at radius 1 is 1.15 bits per heavy atom. The zero-order valence-electron chi connectivity index (χ0n) is 13.8. The Bertz CT molecular complexity index is 1170. The maximum absolute atomic E-state index is 11.8. The third kappa shape index (κ3) is 2.25. The summed E-state index contributed by atoms with van der Waals surface area (Å²) in [5, 5.41) is 7.00. The molecule has 0 saturated carbocycles. The number of para-hydroxylation sites is 1. The van der Waals surface area contributed by atoms with Gasteiger partial charge in [-0.3, -0.25) is 4.79 Å². The zero-order chi connectivity index (χ0) is 17.7. The van der Waals surface area contributed by atoms with Gasteiger partial charge in [0.25, 0.3) is 5.91 Å². The predicted octanol–water partition coefficient (Wildman–Crippen LogP) is 3.84. The van der Waals surface area contributed by atoms with Gasteiger partial charge in [-0.05, 0) is 37.3 Å². The number of aromatic nitrogens is 2. The third-order valence-electron chi connectivity index (χ3n) is 4.33. The van der Waals surface area contributed by atoms with E-state index in [9.17, 15) is 4.79 Å². The standard InChI is InChI=1S/C19H14N4O3/c1-10-19(24)23-13-8-11(6-7-15(13)25-10)22-18-17-16(20-9-21-18)12-4-2-3-5-14(12)26-17/h2-10H,1H3,(H,23,24)(H,20,21,22). The van der Waals surface area contributed by atoms with Gasteiger partial charge < -0.3 is 19.8 Å². The SMILES string of the molecule is CC1Oc2ccc(Nc3ncnc4c3oc3ccccc34)cc2NC1=O. The monoisotopic (exact) mass is 346 g/mol. The van der Waals surface area contributed by atoms with Gasteiger partial charge >= 0.3 is 0 Å². The van der Waals surface area contributed by atoms with E-state index in [1.807, 2.05) is 36.4 Å². The smallest absolute Gasteiger partial charge is 0.265 e. The van der Waals surface area contributed by atoms with E-state index in [1.165, 1.54) is 6.33 Å². The summed E-state index contributed by atoms with van der Waals surface area (Å²) >= 11 is 0. The molecule has 4 aromatic rings. The first kappa shape index (κ1) is 14.7. The second-order valence-corrected chi connectivity index (χ2v) is 6.08. The average Bonchev–Trinajstić information content (AvgIpc) is 3.03. The Balaban J connectivity index is 1.56. The fraction of sp³-hybridized carbons (Fsp3) is 0.105. The first-order valence-electron chi connectivity index (χ1n) is 8.20. The zero-order valence-corrected chi connectivity index (χ0v) is 13.8. The Morgan fingerprint density at radius 2 is 2.04 bits per heavy atom. The van der Waals surface area contributed by atoms with Crippen molar-refractivity contribution in [1.82, 2.24) is 9.97 Å². The number of amides is 1. The van der Waals surface area contributed by atoms with E-state index in [0.29, 0.717) is 22.8 Å². The summed E-state index contributed by atoms with van der Waals surface area (Å²) < 4.78 is 11.5. The summed E-state index contributed by atoms with van der Waals surface area (Å²) in [5.41, 5.74) is 3.46. The number of carbonyl (C=O) groups is 1. The number of carbonyl (C=O) groups excluding carboxylic acids is 1. The fourth-order valence-electron chi connectivity index (χ4n) is 3.04. The van der Waals surface area contributed by atoms with Crippen LogP contribution < -0.4 is 15.4 Å². The number of nitrogens with one attached hydrogen (secondary N) is 2. The molecule has 1 aliphatic heterocycles. The molecule has 0 saturated heterocycles. The van der Waals surface area contributed by atoms with Crippen LogP contribution in [0.5, 0.6) is 5.75 Å². The minimum atomic E-state index is -0.502. The topological polar surface area (TPSA) is 89.3 Å². The van der Waals surface area contributed by atoms with E-state index in [0.717, 1.165) is 22.2 Å². The summed E-state index contributed by atoms with van der Waals surface area (Å²) in [6, 6.07) is 13.2. The van der Waals surface area contributed by atoms with Crippen molar-refractivity contribution < 1.29 is 13.9 Å². The summed E-state index contributed by atoms with van der Waals surface area (Å²) in [5.74, 6) is 1.03. The van der Waals surface area contributed by atoms with Crippen LogP contribution in [0.2, 0.25) is 0 Å². The molecule has 1 unspecified atom stereocenters. The fourth-order valence-corrected chi connectivity index (χ4v) is 3.04. The molecule has 0 radical (unpaired) electrons. The maximum atomic E-state index is 11.8. The summed E-state index contributed by atoms with van der Waals surface area (Å²) in [6.07, 6.45) is 0.996. The molecule has 0 fully saturated rings. The van der Waals surface area contributed by atoms with Gasteiger partial charge in [-0.1, -0.05) is 12.1 Å². The summed E-state index contributed by atoms with van der Waals surface area (Å²) in [7, 11) is 0. The lowest BCUT2D eigenvalue weighted by Crippen LogP contribution is -2.34. The molecule has 0 spiro atoms. The highest BCUT2D eigenvalue weighted by atomic mass is 16.5. The van der Waals surface area contributed by atoms with Crippen molar-refractivity contribution in [2.24, 2.45) is 0 Å². The number of ether oxygens (including phenoxy) is 1. The molecular weight excluding hydrogens is 332 g/mol. The van der Waals surface area contributed by atoms with E-state index in [-0.39, 0.29) is 5.91 Å². The highest BCUT2D eigenvalue weighted by Crippen LogP contribution is 2.35. The van der Waals surface area contributed by atoms with Gasteiger partial charge in [0.05, 0.1) is 5.69 Å². The van der Waals surface area contributed by atoms with Gasteiger partial charge in [0.1, 0.15) is 23.2 Å². The Kier molecular flexibility index (Phi) is 3.08. The van der Waals surface area contributed by atoms with Crippen molar-refractivity contribution >= 4 is 45.2 Å². The van der Waals surface area contributed by atoms with Crippen LogP contribution in [-0.2, 0) is 4.79 Å². The highest BCUT2D eigenvalue weighted by Gasteiger charge is 2.23. The van der Waals surface area contributed by atoms with Crippen LogP contribution in [-0.4, -0.2) is 22.0 Å². The van der Waals surface area contributed by atoms with Gasteiger partial charge in [-0.2, -0.15) is 0 Å². The Morgan fingerprint density at radius 3 is 2.96 bits per heavy atom. The molecule has 3 heterocycles. The van der Waals surface area contributed by atoms with Crippen LogP contribution in [0.1, 0.15) is 6.92 Å². The van der Waals surface area contributed by atoms with Crippen molar-refractivity contribution in [3.63, 3.8) is 0 Å². The van der Waals surface area contributed by atoms with Gasteiger partial charge in [0.2, 0.25) is 0 Å². The minimum absolute atomic E-state index is 0.170. The van der Waals surface area contributed by atoms with Gasteiger partial charge in [0.15, 0.2) is 17.5 Å². The molecule has 0 bridgehead atoms. The average molecular weight is 346 g/mol. The molecule has 2 aromatic heterocycles. The van der Waals surface area contributed by atoms with E-state index < -0.39 is 6.10 Å². The molecule has 1 amide bonds. The van der Waals surface area contributed by atoms with E-state index >= 15 is 0 Å². The largest absolute Gasteiger partial charge is 0.479 e. The third-order valence-corrected chi connectivity index (χ3v) is 4.33. The van der Waals surface area contributed by atoms with Crippen LogP contribution >= 0.6 is 0 Å². The normalized spacial score (nSPS) is 16.2. The highest BCUT2D eigenvalue weighted by molar-refractivity contribution is 6.06. The quantitative estimate of drug-likeness (QED) is 0.573. The summed E-state index contributed by atoms with van der Waals surface area (Å²) in [4.78, 5) is 20.4. The number of furan rings is 1. The molecule has 7 heteroatoms. The first-order valence-corrected chi connectivity index (χ1v) is 8.20. The van der Waals surface area contributed by atoms with Crippen molar-refractivity contribution in [2.75, 3.05) is 10.6 Å². The number of hydrogen-bond acceptors (Lipinski definition) is 6. The number of hydrogen-bond donors (Lipinski definition) is 2. The van der Waals surface area contributed by atoms with Crippen LogP contribution in [0.15, 0.2) is 53.2 Å². The van der Waals surface area contributed by atoms with Crippen molar-refractivity contribution in [3.8, 4) is 5.75 Å². The van der Waals surface area contributed by atoms with Crippen LogP contribution in [0.3, 0.4) is 0 Å². The lowest BCUT2D eigenvalue weighted by molar-refractivity contribution is -0.122. The van der Waals surface area contributed by atoms with Crippen molar-refractivity contribution in [1.29, 1.82) is 0 Å². The molecule has 128 valence electrons. The maximum Gasteiger partial charge on any atom is 0.265 e. The second kappa shape index (κ2) is 5.45. The molecule has 2 N–H and O–H groups in total. The first-order chi connectivity index (χ1) is 12.7. The Labute approximate surface area is 148 Å². The second-order valence-electron chi connectivity index (χ2n) is 6.08. The molecule has 1 atom stereocenters. The molecular formula is C19H14N4O3. The predicted molar refractivity (Wildman–Crippen MR) is 97.8 cm³/mol. The van der Waals surface area contributed by atoms with Crippen LogP contribution in [0, 0.1) is 0 Å². The number of nitrogens with zero attached hydrogens (tertiary/aromatic N) is 2. The number of rotatable bonds is 2. The molecule has 0 aliphatic carbocycles. The number of anilines is 3. The lowest BCUT2D eigenvalue weighted by Gasteiger charge is -2.23. The van der Waals surface area contributed by atoms with Gasteiger partial charge in [-0.15, -0.1) is 0 Å². The van der Waals surface area contributed by atoms with Crippen LogP contribution in [0.4, 0.5) is 17.2 Å². The molecule has 5 rings (SSSR count). The van der Waals surface area contributed by atoms with Crippen LogP contribution in [0.25, 0.3) is 22.1 Å². The lowest BCUT2D eigenvalue weighted by atomic mass is 10.2. The minimum Gasteiger partial charge on any atom is -0.479 e. The van der Waals surface area contributed by atoms with Gasteiger partial charge in [-0.25, -0.2) is 9.97 Å². The van der Waals surface area contributed by atoms with Gasteiger partial charge in [0, 0.05) is 11.1 Å². The van der Waals surface area contributed by atoms with E-state index in [4.69, 9.17) is 9.15 Å². The van der Waals surface area contributed by atoms with Crippen molar-refractivity contribution in [3.05, 3.63) is 48.8 Å². The summed E-state index contributed by atoms with van der Waals surface area (Å²) in [6.45, 7) is 1.71. The Hall–Kier alpha value is -3.61. The van der Waals surface area contributed by atoms with Crippen molar-refractivity contribution in [2.45, 2.75) is 13.0 Å². The molecule has 7 nitrogen and oxygen atoms in total. The number of fused-ring (bicyclic) bond motifs is 4. The molecule has 2 aromatic carbocycles. The van der Waals surface area contributed by atoms with E-state index in [2.05, 4.69) is 20.6 Å². The number of benzene rings is 2. The van der Waals surface area contributed by atoms with E-state index in [1.54, 1.807) is 13.0 Å². The molecule has 26 heavy (non-hydrogen) atoms.